The molecule has 0 atom stereocenters. The predicted octanol–water partition coefficient (Wildman–Crippen LogP) is 4.08. The van der Waals surface area contributed by atoms with Gasteiger partial charge in [0, 0.05) is 24.9 Å². The fourth-order valence-corrected chi connectivity index (χ4v) is 4.03. The largest absolute Gasteiger partial charge is 0.478 e. The van der Waals surface area contributed by atoms with Gasteiger partial charge in [0.05, 0.1) is 17.8 Å². The number of hydrogen-bond donors (Lipinski definition) is 1. The molecule has 0 aliphatic carbocycles. The van der Waals surface area contributed by atoms with Crippen LogP contribution in [0.1, 0.15) is 28.4 Å². The van der Waals surface area contributed by atoms with Crippen molar-refractivity contribution in [1.82, 2.24) is 0 Å². The Morgan fingerprint density at radius 3 is 2.52 bits per heavy atom. The average Bonchev–Trinajstić information content (AvgIpc) is 3.17. The van der Waals surface area contributed by atoms with E-state index in [2.05, 4.69) is 28.9 Å². The van der Waals surface area contributed by atoms with Gasteiger partial charge in [-0.3, -0.25) is 14.5 Å². The first-order valence-corrected chi connectivity index (χ1v) is 10.3. The second-order valence-electron chi connectivity index (χ2n) is 7.88. The second kappa shape index (κ2) is 8.60. The molecule has 0 unspecified atom stereocenters. The molecule has 2 heterocycles. The first kappa shape index (κ1) is 21.8. The standard InChI is InChI=1S/C26H21N3O4/c1-16-21(6-4-5-17-7-12-22-19(15-17)13-14-28(22)3)24(30)29(25(31)23(16)27-2)20-10-8-18(9-11-20)26(32)33/h4-12,15H,13-14H2,1,3H3,(H,32,33)/b5-4+,21-6-. The minimum atomic E-state index is -1.11. The molecule has 0 fully saturated rings. The Morgan fingerprint density at radius 2 is 1.85 bits per heavy atom. The van der Waals surface area contributed by atoms with Crippen LogP contribution >= 0.6 is 0 Å². The molecule has 2 aliphatic heterocycles. The highest BCUT2D eigenvalue weighted by molar-refractivity contribution is 6.30. The zero-order valence-electron chi connectivity index (χ0n) is 18.2. The molecule has 0 bridgehead atoms. The van der Waals surface area contributed by atoms with Crippen molar-refractivity contribution in [2.45, 2.75) is 13.3 Å². The fraction of sp³-hybridized carbons (Fsp3) is 0.154. The number of carboxylic acids is 1. The minimum Gasteiger partial charge on any atom is -0.478 e. The maximum atomic E-state index is 13.2. The van der Waals surface area contributed by atoms with Crippen LogP contribution in [-0.4, -0.2) is 36.5 Å². The molecule has 7 nitrogen and oxygen atoms in total. The molecule has 0 radical (unpaired) electrons. The zero-order valence-corrected chi connectivity index (χ0v) is 18.2. The van der Waals surface area contributed by atoms with Gasteiger partial charge < -0.3 is 10.0 Å². The van der Waals surface area contributed by atoms with Gasteiger partial charge in [-0.25, -0.2) is 9.64 Å². The third-order valence-electron chi connectivity index (χ3n) is 5.87. The summed E-state index contributed by atoms with van der Waals surface area (Å²) in [5.74, 6) is -2.40. The maximum absolute atomic E-state index is 13.2. The molecule has 0 spiro atoms. The van der Waals surface area contributed by atoms with Gasteiger partial charge >= 0.3 is 5.97 Å². The molecule has 164 valence electrons. The number of allylic oxidation sites excluding steroid dienone is 2. The zero-order chi connectivity index (χ0) is 23.7. The third-order valence-corrected chi connectivity index (χ3v) is 5.87. The SMILES string of the molecule is [C-]#[N+]C1=C(C)/C(=C/C=C/c2ccc3c(c2)CCN3C)C(=O)N(c2ccc(C(=O)O)cc2)C1=O. The van der Waals surface area contributed by atoms with Gasteiger partial charge in [-0.05, 0) is 66.4 Å². The number of imide groups is 1. The topological polar surface area (TPSA) is 82.3 Å². The van der Waals surface area contributed by atoms with Crippen LogP contribution in [0.25, 0.3) is 10.9 Å². The number of nitrogens with zero attached hydrogens (tertiary/aromatic N) is 3. The highest BCUT2D eigenvalue weighted by Gasteiger charge is 2.36. The molecule has 0 saturated carbocycles. The lowest BCUT2D eigenvalue weighted by Crippen LogP contribution is -2.42. The quantitative estimate of drug-likeness (QED) is 0.441. The average molecular weight is 439 g/mol. The molecule has 2 aliphatic rings. The van der Waals surface area contributed by atoms with Crippen LogP contribution in [0.2, 0.25) is 0 Å². The van der Waals surface area contributed by atoms with Crippen molar-refractivity contribution in [2.24, 2.45) is 0 Å². The summed E-state index contributed by atoms with van der Waals surface area (Å²) in [6, 6.07) is 11.6. The number of amides is 2. The van der Waals surface area contributed by atoms with Gasteiger partial charge in [0.2, 0.25) is 0 Å². The third kappa shape index (κ3) is 3.94. The van der Waals surface area contributed by atoms with Crippen molar-refractivity contribution in [3.05, 3.63) is 99.6 Å². The van der Waals surface area contributed by atoms with Crippen LogP contribution in [0.5, 0.6) is 0 Å². The van der Waals surface area contributed by atoms with Crippen LogP contribution in [0, 0.1) is 6.57 Å². The minimum absolute atomic E-state index is 0.0343. The lowest BCUT2D eigenvalue weighted by molar-refractivity contribution is -0.123. The monoisotopic (exact) mass is 439 g/mol. The number of likely N-dealkylation sites (N-methyl/N-ethyl adjacent to an activating group) is 1. The normalized spacial score (nSPS) is 17.2. The van der Waals surface area contributed by atoms with E-state index in [0.717, 1.165) is 23.4 Å². The summed E-state index contributed by atoms with van der Waals surface area (Å²) in [6.07, 6.45) is 6.21. The molecule has 4 rings (SSSR count). The number of carbonyl (C=O) groups excluding carboxylic acids is 2. The summed E-state index contributed by atoms with van der Waals surface area (Å²) < 4.78 is 0. The van der Waals surface area contributed by atoms with E-state index >= 15 is 0 Å². The van der Waals surface area contributed by atoms with Crippen LogP contribution in [0.4, 0.5) is 11.4 Å². The Bertz CT molecular complexity index is 1310. The maximum Gasteiger partial charge on any atom is 0.335 e. The van der Waals surface area contributed by atoms with Gasteiger partial charge in [0.25, 0.3) is 17.5 Å². The summed E-state index contributed by atoms with van der Waals surface area (Å²) >= 11 is 0. The van der Waals surface area contributed by atoms with Gasteiger partial charge in [0.15, 0.2) is 0 Å². The summed E-state index contributed by atoms with van der Waals surface area (Å²) in [5, 5.41) is 9.09. The van der Waals surface area contributed by atoms with E-state index in [1.807, 2.05) is 12.1 Å². The van der Waals surface area contributed by atoms with Crippen molar-refractivity contribution in [3.63, 3.8) is 0 Å². The van der Waals surface area contributed by atoms with E-state index in [0.29, 0.717) is 5.57 Å². The Balaban J connectivity index is 1.67. The van der Waals surface area contributed by atoms with Gasteiger partial charge in [0.1, 0.15) is 0 Å². The Morgan fingerprint density at radius 1 is 1.12 bits per heavy atom. The molecule has 33 heavy (non-hydrogen) atoms. The molecule has 0 saturated heterocycles. The molecule has 7 heteroatoms. The van der Waals surface area contributed by atoms with E-state index in [4.69, 9.17) is 11.7 Å². The van der Waals surface area contributed by atoms with Gasteiger partial charge in [-0.2, -0.15) is 0 Å². The smallest absolute Gasteiger partial charge is 0.335 e. The molecule has 2 amide bonds. The van der Waals surface area contributed by atoms with Gasteiger partial charge in [-0.15, -0.1) is 0 Å². The van der Waals surface area contributed by atoms with Gasteiger partial charge in [-0.1, -0.05) is 24.3 Å². The number of anilines is 2. The van der Waals surface area contributed by atoms with E-state index < -0.39 is 17.8 Å². The number of carbonyl (C=O) groups is 3. The lowest BCUT2D eigenvalue weighted by atomic mass is 9.97. The predicted molar refractivity (Wildman–Crippen MR) is 126 cm³/mol. The molecule has 2 aromatic rings. The summed E-state index contributed by atoms with van der Waals surface area (Å²) in [6.45, 7) is 10.0. The lowest BCUT2D eigenvalue weighted by Gasteiger charge is -2.27. The number of carboxylic acid groups (broad SMARTS) is 1. The molecular weight excluding hydrogens is 418 g/mol. The van der Waals surface area contributed by atoms with Crippen LogP contribution in [0.15, 0.2) is 71.5 Å². The van der Waals surface area contributed by atoms with Crippen molar-refractivity contribution in [2.75, 3.05) is 23.4 Å². The fourth-order valence-electron chi connectivity index (χ4n) is 4.03. The highest BCUT2D eigenvalue weighted by atomic mass is 16.4. The van der Waals surface area contributed by atoms with Crippen molar-refractivity contribution >= 4 is 35.2 Å². The first-order chi connectivity index (χ1) is 15.8. The van der Waals surface area contributed by atoms with Crippen LogP contribution < -0.4 is 9.80 Å². The summed E-state index contributed by atoms with van der Waals surface area (Å²) in [5.41, 5.74) is 4.14. The highest BCUT2D eigenvalue weighted by Crippen LogP contribution is 2.31. The number of hydrogen-bond acceptors (Lipinski definition) is 4. The number of rotatable bonds is 4. The van der Waals surface area contributed by atoms with Crippen LogP contribution in [0.3, 0.4) is 0 Å². The summed E-state index contributed by atoms with van der Waals surface area (Å²) in [4.78, 5) is 43.6. The van der Waals surface area contributed by atoms with E-state index in [9.17, 15) is 14.4 Å². The number of fused-ring (bicyclic) bond motifs is 1. The Labute approximate surface area is 191 Å². The van der Waals surface area contributed by atoms with Crippen molar-refractivity contribution in [1.29, 1.82) is 0 Å². The van der Waals surface area contributed by atoms with E-state index in [1.54, 1.807) is 19.1 Å². The molecule has 1 N–H and O–H groups in total. The van der Waals surface area contributed by atoms with Crippen LogP contribution in [-0.2, 0) is 16.0 Å². The Hall–Kier alpha value is -4.44. The van der Waals surface area contributed by atoms with E-state index in [-0.39, 0.29) is 22.5 Å². The summed E-state index contributed by atoms with van der Waals surface area (Å²) in [7, 11) is 2.06. The second-order valence-corrected chi connectivity index (χ2v) is 7.88. The van der Waals surface area contributed by atoms with Crippen molar-refractivity contribution in [3.8, 4) is 0 Å². The Kier molecular flexibility index (Phi) is 5.67. The molecule has 0 aromatic heterocycles. The van der Waals surface area contributed by atoms with Crippen molar-refractivity contribution < 1.29 is 19.5 Å². The molecule has 2 aromatic carbocycles. The first-order valence-electron chi connectivity index (χ1n) is 10.3. The number of aromatic carboxylic acids is 1. The van der Waals surface area contributed by atoms with E-state index in [1.165, 1.54) is 35.5 Å². The number of benzene rings is 2. The molecular formula is C26H21N3O4.